The minimum absolute atomic E-state index is 0.110. The van der Waals surface area contributed by atoms with Gasteiger partial charge in [0.25, 0.3) is 0 Å². The lowest BCUT2D eigenvalue weighted by Crippen LogP contribution is -2.12. The van der Waals surface area contributed by atoms with E-state index in [1.807, 2.05) is 62.4 Å². The average molecular weight is 517 g/mol. The molecule has 202 valence electrons. The summed E-state index contributed by atoms with van der Waals surface area (Å²) in [5.74, 6) is 3.20. The SMILES string of the molecule is CCOc1cc(/C=C2/CC/C(=C/c3ccc(OC4CCCC4)c(OCC)c3)C2=O)ccc1OC1CCCC1. The molecule has 0 unspecified atom stereocenters. The maximum atomic E-state index is 13.3. The summed E-state index contributed by atoms with van der Waals surface area (Å²) in [7, 11) is 0. The van der Waals surface area contributed by atoms with E-state index in [1.54, 1.807) is 0 Å². The smallest absolute Gasteiger partial charge is 0.185 e. The predicted octanol–water partition coefficient (Wildman–Crippen LogP) is 7.96. The van der Waals surface area contributed by atoms with E-state index < -0.39 is 0 Å². The third-order valence-electron chi connectivity index (χ3n) is 7.66. The molecule has 0 heterocycles. The predicted molar refractivity (Wildman–Crippen MR) is 151 cm³/mol. The summed E-state index contributed by atoms with van der Waals surface area (Å²) in [6, 6.07) is 12.0. The lowest BCUT2D eigenvalue weighted by atomic mass is 10.1. The normalized spacial score (nSPS) is 20.5. The minimum atomic E-state index is 0.110. The van der Waals surface area contributed by atoms with Gasteiger partial charge in [-0.25, -0.2) is 0 Å². The quantitative estimate of drug-likeness (QED) is 0.300. The molecule has 0 radical (unpaired) electrons. The fourth-order valence-electron chi connectivity index (χ4n) is 5.71. The summed E-state index contributed by atoms with van der Waals surface area (Å²) in [5, 5.41) is 0. The van der Waals surface area contributed by atoms with E-state index in [0.717, 1.165) is 83.8 Å². The zero-order valence-corrected chi connectivity index (χ0v) is 22.8. The molecule has 3 fully saturated rings. The molecule has 5 rings (SSSR count). The molecule has 0 N–H and O–H groups in total. The molecule has 2 aromatic rings. The van der Waals surface area contributed by atoms with Gasteiger partial charge in [-0.05, 0) is 126 Å². The monoisotopic (exact) mass is 516 g/mol. The molecule has 0 amide bonds. The lowest BCUT2D eigenvalue weighted by molar-refractivity contribution is -0.111. The van der Waals surface area contributed by atoms with Crippen LogP contribution in [-0.2, 0) is 4.79 Å². The number of ether oxygens (including phenoxy) is 4. The van der Waals surface area contributed by atoms with Crippen LogP contribution in [0.3, 0.4) is 0 Å². The highest BCUT2D eigenvalue weighted by Crippen LogP contribution is 2.37. The van der Waals surface area contributed by atoms with Crippen LogP contribution < -0.4 is 18.9 Å². The zero-order chi connectivity index (χ0) is 26.3. The van der Waals surface area contributed by atoms with Gasteiger partial charge < -0.3 is 18.9 Å². The van der Waals surface area contributed by atoms with Crippen molar-refractivity contribution in [2.24, 2.45) is 0 Å². The first-order valence-corrected chi connectivity index (χ1v) is 14.5. The van der Waals surface area contributed by atoms with Crippen molar-refractivity contribution in [3.05, 3.63) is 58.7 Å². The highest BCUT2D eigenvalue weighted by atomic mass is 16.5. The van der Waals surface area contributed by atoms with Crippen molar-refractivity contribution < 1.29 is 23.7 Å². The zero-order valence-electron chi connectivity index (χ0n) is 22.8. The van der Waals surface area contributed by atoms with Crippen LogP contribution in [-0.4, -0.2) is 31.2 Å². The Bertz CT molecular complexity index is 1090. The van der Waals surface area contributed by atoms with Gasteiger partial charge in [0.2, 0.25) is 0 Å². The van der Waals surface area contributed by atoms with Crippen LogP contribution in [0.25, 0.3) is 12.2 Å². The second kappa shape index (κ2) is 12.6. The fourth-order valence-corrected chi connectivity index (χ4v) is 5.71. The summed E-state index contributed by atoms with van der Waals surface area (Å²) in [5.41, 5.74) is 3.58. The van der Waals surface area contributed by atoms with Crippen molar-refractivity contribution in [2.45, 2.75) is 90.3 Å². The van der Waals surface area contributed by atoms with Crippen LogP contribution in [0.2, 0.25) is 0 Å². The Balaban J connectivity index is 1.31. The number of rotatable bonds is 10. The third kappa shape index (κ3) is 6.43. The van der Waals surface area contributed by atoms with E-state index in [4.69, 9.17) is 18.9 Å². The molecular weight excluding hydrogens is 476 g/mol. The number of carbonyl (C=O) groups is 1. The third-order valence-corrected chi connectivity index (χ3v) is 7.66. The summed E-state index contributed by atoms with van der Waals surface area (Å²) in [6.45, 7) is 5.10. The lowest BCUT2D eigenvalue weighted by Gasteiger charge is -2.17. The van der Waals surface area contributed by atoms with Crippen molar-refractivity contribution in [3.63, 3.8) is 0 Å². The summed E-state index contributed by atoms with van der Waals surface area (Å²) >= 11 is 0. The number of Topliss-reactive ketones (excluding diaryl/α,β-unsaturated/α-hetero) is 1. The maximum Gasteiger partial charge on any atom is 0.185 e. The van der Waals surface area contributed by atoms with Gasteiger partial charge in [0.1, 0.15) is 0 Å². The van der Waals surface area contributed by atoms with Gasteiger partial charge in [0.05, 0.1) is 25.4 Å². The Morgan fingerprint density at radius 2 is 1.08 bits per heavy atom. The Kier molecular flexibility index (Phi) is 8.72. The highest BCUT2D eigenvalue weighted by molar-refractivity contribution is 6.15. The van der Waals surface area contributed by atoms with Crippen molar-refractivity contribution >= 4 is 17.9 Å². The molecule has 3 aliphatic rings. The van der Waals surface area contributed by atoms with Crippen molar-refractivity contribution in [2.75, 3.05) is 13.2 Å². The Morgan fingerprint density at radius 3 is 1.47 bits per heavy atom. The molecule has 3 saturated carbocycles. The molecule has 38 heavy (non-hydrogen) atoms. The van der Waals surface area contributed by atoms with Gasteiger partial charge in [-0.3, -0.25) is 4.79 Å². The Labute approximate surface area is 226 Å². The first-order valence-electron chi connectivity index (χ1n) is 14.5. The highest BCUT2D eigenvalue weighted by Gasteiger charge is 2.24. The van der Waals surface area contributed by atoms with Crippen molar-refractivity contribution in [1.29, 1.82) is 0 Å². The van der Waals surface area contributed by atoms with E-state index >= 15 is 0 Å². The fraction of sp³-hybridized carbons (Fsp3) is 0.485. The van der Waals surface area contributed by atoms with E-state index in [1.165, 1.54) is 25.7 Å². The average Bonchev–Trinajstić information content (AvgIpc) is 3.68. The molecule has 0 aliphatic heterocycles. The van der Waals surface area contributed by atoms with Gasteiger partial charge >= 0.3 is 0 Å². The van der Waals surface area contributed by atoms with E-state index in [0.29, 0.717) is 13.2 Å². The van der Waals surface area contributed by atoms with Gasteiger partial charge in [0, 0.05) is 11.1 Å². The van der Waals surface area contributed by atoms with Crippen LogP contribution in [0.1, 0.15) is 89.2 Å². The molecule has 5 nitrogen and oxygen atoms in total. The van der Waals surface area contributed by atoms with Crippen LogP contribution >= 0.6 is 0 Å². The van der Waals surface area contributed by atoms with Gasteiger partial charge in [0.15, 0.2) is 28.8 Å². The number of allylic oxidation sites excluding steroid dienone is 2. The van der Waals surface area contributed by atoms with Gasteiger partial charge in [-0.15, -0.1) is 0 Å². The number of hydrogen-bond donors (Lipinski definition) is 0. The van der Waals surface area contributed by atoms with E-state index in [-0.39, 0.29) is 18.0 Å². The molecule has 5 heteroatoms. The number of ketones is 1. The van der Waals surface area contributed by atoms with Crippen LogP contribution in [0.4, 0.5) is 0 Å². The van der Waals surface area contributed by atoms with Gasteiger partial charge in [-0.2, -0.15) is 0 Å². The summed E-state index contributed by atoms with van der Waals surface area (Å²) in [6.07, 6.45) is 15.3. The number of carbonyl (C=O) groups excluding carboxylic acids is 1. The second-order valence-corrected chi connectivity index (χ2v) is 10.5. The van der Waals surface area contributed by atoms with Crippen LogP contribution in [0.15, 0.2) is 47.5 Å². The Hall–Kier alpha value is -3.21. The van der Waals surface area contributed by atoms with Gasteiger partial charge in [-0.1, -0.05) is 12.1 Å². The first kappa shape index (κ1) is 26.4. The molecule has 3 aliphatic carbocycles. The first-order chi connectivity index (χ1) is 18.6. The molecule has 0 aromatic heterocycles. The molecule has 0 spiro atoms. The minimum Gasteiger partial charge on any atom is -0.490 e. The largest absolute Gasteiger partial charge is 0.490 e. The van der Waals surface area contributed by atoms with E-state index in [2.05, 4.69) is 0 Å². The molecule has 0 atom stereocenters. The molecule has 0 saturated heterocycles. The van der Waals surface area contributed by atoms with Crippen LogP contribution in [0.5, 0.6) is 23.0 Å². The molecule has 0 bridgehead atoms. The second-order valence-electron chi connectivity index (χ2n) is 10.5. The molecule has 2 aromatic carbocycles. The topological polar surface area (TPSA) is 54.0 Å². The van der Waals surface area contributed by atoms with Crippen molar-refractivity contribution in [3.8, 4) is 23.0 Å². The Morgan fingerprint density at radius 1 is 0.658 bits per heavy atom. The standard InChI is InChI=1S/C33H40O5/c1-3-35-31-21-23(13-17-29(31)37-27-9-5-6-10-27)19-25-15-16-26(33(25)34)20-24-14-18-30(32(22-24)36-4-2)38-28-11-7-8-12-28/h13-14,17-22,27-28H,3-12,15-16H2,1-2H3/b25-19-,26-20-. The maximum absolute atomic E-state index is 13.3. The summed E-state index contributed by atoms with van der Waals surface area (Å²) < 4.78 is 24.2. The number of benzene rings is 2. The van der Waals surface area contributed by atoms with Crippen LogP contribution in [0, 0.1) is 0 Å². The van der Waals surface area contributed by atoms with Crippen molar-refractivity contribution in [1.82, 2.24) is 0 Å². The van der Waals surface area contributed by atoms with E-state index in [9.17, 15) is 4.79 Å². The summed E-state index contributed by atoms with van der Waals surface area (Å²) in [4.78, 5) is 13.3. The number of hydrogen-bond acceptors (Lipinski definition) is 5. The molecular formula is C33H40O5.